The Balaban J connectivity index is 2.10. The summed E-state index contributed by atoms with van der Waals surface area (Å²) in [5, 5.41) is 14.0. The number of nitrogens with zero attached hydrogens (tertiary/aromatic N) is 2. The van der Waals surface area contributed by atoms with Crippen molar-refractivity contribution in [2.24, 2.45) is 0 Å². The molecule has 2 aromatic rings. The number of hydrogen-bond donors (Lipinski definition) is 1. The van der Waals surface area contributed by atoms with Gasteiger partial charge >= 0.3 is 5.97 Å². The fourth-order valence-electron chi connectivity index (χ4n) is 2.55. The third-order valence-corrected chi connectivity index (χ3v) is 4.65. The van der Waals surface area contributed by atoms with E-state index in [4.69, 9.17) is 4.52 Å². The third-order valence-electron chi connectivity index (χ3n) is 3.50. The number of fused-ring (bicyclic) bond motifs is 1. The average molecular weight is 278 g/mol. The molecule has 19 heavy (non-hydrogen) atoms. The van der Waals surface area contributed by atoms with Crippen molar-refractivity contribution in [1.29, 1.82) is 0 Å². The molecule has 2 aromatic heterocycles. The van der Waals surface area contributed by atoms with Gasteiger partial charge in [-0.05, 0) is 33.1 Å². The summed E-state index contributed by atoms with van der Waals surface area (Å²) in [7, 11) is 0. The van der Waals surface area contributed by atoms with E-state index in [1.165, 1.54) is 0 Å². The van der Waals surface area contributed by atoms with E-state index in [0.717, 1.165) is 45.4 Å². The van der Waals surface area contributed by atoms with Gasteiger partial charge in [0, 0.05) is 4.88 Å². The number of carboxylic acids is 1. The first-order valence-corrected chi connectivity index (χ1v) is 7.05. The van der Waals surface area contributed by atoms with Gasteiger partial charge in [-0.1, -0.05) is 5.16 Å². The van der Waals surface area contributed by atoms with Crippen LogP contribution in [0.25, 0.3) is 10.6 Å². The largest absolute Gasteiger partial charge is 0.481 e. The van der Waals surface area contributed by atoms with Gasteiger partial charge in [-0.2, -0.15) is 0 Å². The summed E-state index contributed by atoms with van der Waals surface area (Å²) in [5.74, 6) is -0.513. The molecule has 1 N–H and O–H groups in total. The molecule has 0 aromatic carbocycles. The Morgan fingerprint density at radius 1 is 1.47 bits per heavy atom. The second-order valence-electron chi connectivity index (χ2n) is 4.81. The monoisotopic (exact) mass is 278 g/mol. The standard InChI is InChI=1S/C13H14N2O3S/c1-6-10(7(2)18-15-6)12-14-11-8(13(16)17)4-3-5-9(11)19-12/h8H,3-5H2,1-2H3,(H,16,17). The molecule has 3 rings (SSSR count). The van der Waals surface area contributed by atoms with Crippen molar-refractivity contribution in [3.05, 3.63) is 22.0 Å². The molecule has 0 spiro atoms. The smallest absolute Gasteiger partial charge is 0.312 e. The van der Waals surface area contributed by atoms with E-state index in [9.17, 15) is 9.90 Å². The molecule has 0 saturated heterocycles. The Morgan fingerprint density at radius 3 is 2.89 bits per heavy atom. The molecule has 0 radical (unpaired) electrons. The Labute approximate surface area is 114 Å². The van der Waals surface area contributed by atoms with E-state index in [-0.39, 0.29) is 0 Å². The lowest BCUT2D eigenvalue weighted by atomic mass is 9.91. The highest BCUT2D eigenvalue weighted by Crippen LogP contribution is 2.39. The van der Waals surface area contributed by atoms with Gasteiger partial charge in [0.15, 0.2) is 0 Å². The van der Waals surface area contributed by atoms with Gasteiger partial charge in [-0.15, -0.1) is 11.3 Å². The van der Waals surface area contributed by atoms with Gasteiger partial charge in [-0.3, -0.25) is 4.79 Å². The maximum Gasteiger partial charge on any atom is 0.312 e. The fraction of sp³-hybridized carbons (Fsp3) is 0.462. The van der Waals surface area contributed by atoms with Crippen LogP contribution >= 0.6 is 11.3 Å². The average Bonchev–Trinajstić information content (AvgIpc) is 2.91. The molecular weight excluding hydrogens is 264 g/mol. The highest BCUT2D eigenvalue weighted by atomic mass is 32.1. The fourth-order valence-corrected chi connectivity index (χ4v) is 3.86. The summed E-state index contributed by atoms with van der Waals surface area (Å²) in [6.45, 7) is 3.73. The molecule has 0 aliphatic heterocycles. The van der Waals surface area contributed by atoms with Crippen molar-refractivity contribution in [1.82, 2.24) is 10.1 Å². The van der Waals surface area contributed by atoms with Gasteiger partial charge in [0.2, 0.25) is 0 Å². The van der Waals surface area contributed by atoms with Crippen molar-refractivity contribution in [2.45, 2.75) is 39.0 Å². The van der Waals surface area contributed by atoms with Gasteiger partial charge in [0.25, 0.3) is 0 Å². The number of carbonyl (C=O) groups is 1. The lowest BCUT2D eigenvalue weighted by Crippen LogP contribution is -2.17. The van der Waals surface area contributed by atoms with E-state index >= 15 is 0 Å². The maximum atomic E-state index is 11.3. The molecule has 0 fully saturated rings. The molecule has 1 unspecified atom stereocenters. The highest BCUT2D eigenvalue weighted by molar-refractivity contribution is 7.15. The van der Waals surface area contributed by atoms with Crippen LogP contribution in [0.5, 0.6) is 0 Å². The maximum absolute atomic E-state index is 11.3. The van der Waals surface area contributed by atoms with Gasteiger partial charge < -0.3 is 9.63 Å². The normalized spacial score (nSPS) is 18.3. The SMILES string of the molecule is Cc1noc(C)c1-c1nc2c(s1)CCCC2C(=O)O. The molecule has 6 heteroatoms. The van der Waals surface area contributed by atoms with Crippen molar-refractivity contribution in [3.8, 4) is 10.6 Å². The number of thiazole rings is 1. The van der Waals surface area contributed by atoms with Crippen LogP contribution in [-0.2, 0) is 11.2 Å². The second kappa shape index (κ2) is 4.45. The van der Waals surface area contributed by atoms with E-state index in [1.54, 1.807) is 11.3 Å². The predicted octanol–water partition coefficient (Wildman–Crippen LogP) is 2.92. The Morgan fingerprint density at radius 2 is 2.26 bits per heavy atom. The first kappa shape index (κ1) is 12.3. The van der Waals surface area contributed by atoms with Crippen LogP contribution in [0.4, 0.5) is 0 Å². The summed E-state index contributed by atoms with van der Waals surface area (Å²) in [6, 6.07) is 0. The summed E-state index contributed by atoms with van der Waals surface area (Å²) in [6.07, 6.45) is 2.50. The van der Waals surface area contributed by atoms with Gasteiger partial charge in [-0.25, -0.2) is 4.98 Å². The number of aliphatic carboxylic acids is 1. The lowest BCUT2D eigenvalue weighted by Gasteiger charge is -2.16. The number of aromatic nitrogens is 2. The first-order valence-electron chi connectivity index (χ1n) is 6.23. The summed E-state index contributed by atoms with van der Waals surface area (Å²) in [5.41, 5.74) is 2.44. The minimum atomic E-state index is -0.781. The zero-order valence-corrected chi connectivity index (χ0v) is 11.6. The van der Waals surface area contributed by atoms with Crippen molar-refractivity contribution < 1.29 is 14.4 Å². The molecule has 5 nitrogen and oxygen atoms in total. The van der Waals surface area contributed by atoms with Crippen molar-refractivity contribution in [3.63, 3.8) is 0 Å². The van der Waals surface area contributed by atoms with Crippen molar-refractivity contribution in [2.75, 3.05) is 0 Å². The van der Waals surface area contributed by atoms with E-state index in [0.29, 0.717) is 6.42 Å². The molecule has 1 aliphatic rings. The van der Waals surface area contributed by atoms with E-state index in [1.807, 2.05) is 13.8 Å². The summed E-state index contributed by atoms with van der Waals surface area (Å²) < 4.78 is 5.16. The van der Waals surface area contributed by atoms with Crippen LogP contribution in [0.3, 0.4) is 0 Å². The number of rotatable bonds is 2. The molecule has 0 saturated carbocycles. The van der Waals surface area contributed by atoms with Crippen LogP contribution in [0, 0.1) is 13.8 Å². The van der Waals surface area contributed by atoms with E-state index in [2.05, 4.69) is 10.1 Å². The van der Waals surface area contributed by atoms with Crippen LogP contribution in [-0.4, -0.2) is 21.2 Å². The van der Waals surface area contributed by atoms with Crippen LogP contribution in [0.1, 0.15) is 40.8 Å². The molecule has 1 atom stereocenters. The first-order chi connectivity index (χ1) is 9.08. The van der Waals surface area contributed by atoms with Crippen LogP contribution in [0.15, 0.2) is 4.52 Å². The highest BCUT2D eigenvalue weighted by Gasteiger charge is 2.31. The minimum absolute atomic E-state index is 0.464. The summed E-state index contributed by atoms with van der Waals surface area (Å²) in [4.78, 5) is 16.9. The second-order valence-corrected chi connectivity index (χ2v) is 5.89. The number of carboxylic acid groups (broad SMARTS) is 1. The van der Waals surface area contributed by atoms with Crippen LogP contribution < -0.4 is 0 Å². The number of aryl methyl sites for hydroxylation is 3. The Hall–Kier alpha value is -1.69. The van der Waals surface area contributed by atoms with Crippen LogP contribution in [0.2, 0.25) is 0 Å². The quantitative estimate of drug-likeness (QED) is 0.914. The zero-order valence-electron chi connectivity index (χ0n) is 10.8. The van der Waals surface area contributed by atoms with Gasteiger partial charge in [0.05, 0.1) is 22.9 Å². The lowest BCUT2D eigenvalue weighted by molar-refractivity contribution is -0.139. The van der Waals surface area contributed by atoms with Crippen molar-refractivity contribution >= 4 is 17.3 Å². The topological polar surface area (TPSA) is 76.2 Å². The zero-order chi connectivity index (χ0) is 13.6. The Kier molecular flexibility index (Phi) is 2.89. The Bertz CT molecular complexity index is 625. The molecular formula is C13H14N2O3S. The molecule has 1 aliphatic carbocycles. The molecule has 2 heterocycles. The summed E-state index contributed by atoms with van der Waals surface area (Å²) >= 11 is 1.57. The molecule has 0 bridgehead atoms. The molecule has 100 valence electrons. The minimum Gasteiger partial charge on any atom is -0.481 e. The number of hydrogen-bond acceptors (Lipinski definition) is 5. The predicted molar refractivity (Wildman–Crippen MR) is 70.4 cm³/mol. The van der Waals surface area contributed by atoms with E-state index < -0.39 is 11.9 Å². The molecule has 0 amide bonds. The third kappa shape index (κ3) is 1.96. The van der Waals surface area contributed by atoms with Gasteiger partial charge in [0.1, 0.15) is 10.8 Å².